The standard InChI is InChI=1S/C21H24ClFN4O2/c22-19-4-2-1-3-16(19)15-27-13-11-26(12-14-27)10-9-24-20(28)21(29)25-18-7-5-17(23)6-8-18/h1-8H,9-15H2,(H,24,28)(H,25,29). The van der Waals surface area contributed by atoms with Gasteiger partial charge in [0.25, 0.3) is 0 Å². The molecule has 3 rings (SSSR count). The fourth-order valence-corrected chi connectivity index (χ4v) is 3.36. The van der Waals surface area contributed by atoms with Gasteiger partial charge < -0.3 is 10.6 Å². The smallest absolute Gasteiger partial charge is 0.313 e. The Morgan fingerprint density at radius 3 is 2.28 bits per heavy atom. The van der Waals surface area contributed by atoms with Gasteiger partial charge in [0.05, 0.1) is 0 Å². The maximum Gasteiger partial charge on any atom is 0.313 e. The summed E-state index contributed by atoms with van der Waals surface area (Å²) >= 11 is 6.23. The van der Waals surface area contributed by atoms with E-state index in [-0.39, 0.29) is 0 Å². The average Bonchev–Trinajstić information content (AvgIpc) is 2.72. The first-order valence-electron chi connectivity index (χ1n) is 9.54. The van der Waals surface area contributed by atoms with Gasteiger partial charge in [0.15, 0.2) is 0 Å². The van der Waals surface area contributed by atoms with Gasteiger partial charge >= 0.3 is 11.8 Å². The molecule has 154 valence electrons. The molecule has 0 unspecified atom stereocenters. The number of amides is 2. The largest absolute Gasteiger partial charge is 0.347 e. The summed E-state index contributed by atoms with van der Waals surface area (Å²) in [5.74, 6) is -1.87. The van der Waals surface area contributed by atoms with E-state index in [1.165, 1.54) is 24.3 Å². The highest BCUT2D eigenvalue weighted by molar-refractivity contribution is 6.39. The van der Waals surface area contributed by atoms with Crippen molar-refractivity contribution in [2.24, 2.45) is 0 Å². The van der Waals surface area contributed by atoms with E-state index in [4.69, 9.17) is 11.6 Å². The topological polar surface area (TPSA) is 64.7 Å². The Hall–Kier alpha value is -2.48. The van der Waals surface area contributed by atoms with Crippen molar-refractivity contribution in [2.75, 3.05) is 44.6 Å². The van der Waals surface area contributed by atoms with E-state index >= 15 is 0 Å². The molecule has 0 radical (unpaired) electrons. The number of rotatable bonds is 6. The van der Waals surface area contributed by atoms with Crippen LogP contribution in [0.4, 0.5) is 10.1 Å². The lowest BCUT2D eigenvalue weighted by molar-refractivity contribution is -0.136. The minimum absolute atomic E-state index is 0.376. The number of piperazine rings is 1. The van der Waals surface area contributed by atoms with E-state index in [1.807, 2.05) is 24.3 Å². The summed E-state index contributed by atoms with van der Waals surface area (Å²) in [5, 5.41) is 5.85. The maximum atomic E-state index is 12.9. The summed E-state index contributed by atoms with van der Waals surface area (Å²) < 4.78 is 12.9. The Morgan fingerprint density at radius 2 is 1.59 bits per heavy atom. The second kappa shape index (κ2) is 10.3. The van der Waals surface area contributed by atoms with Gasteiger partial charge in [-0.05, 0) is 35.9 Å². The van der Waals surface area contributed by atoms with Crippen LogP contribution < -0.4 is 10.6 Å². The van der Waals surface area contributed by atoms with Crippen molar-refractivity contribution in [1.82, 2.24) is 15.1 Å². The number of anilines is 1. The molecule has 0 bridgehead atoms. The number of nitrogens with one attached hydrogen (secondary N) is 2. The van der Waals surface area contributed by atoms with E-state index in [0.29, 0.717) is 18.8 Å². The molecule has 2 N–H and O–H groups in total. The van der Waals surface area contributed by atoms with Crippen molar-refractivity contribution in [3.8, 4) is 0 Å². The van der Waals surface area contributed by atoms with Gasteiger partial charge in [-0.1, -0.05) is 29.8 Å². The van der Waals surface area contributed by atoms with Crippen LogP contribution in [0.25, 0.3) is 0 Å². The first-order valence-corrected chi connectivity index (χ1v) is 9.92. The molecule has 2 aromatic rings. The maximum absolute atomic E-state index is 12.9. The molecular weight excluding hydrogens is 395 g/mol. The number of benzene rings is 2. The first kappa shape index (κ1) is 21.2. The zero-order valence-electron chi connectivity index (χ0n) is 16.0. The summed E-state index contributed by atoms with van der Waals surface area (Å²) in [6, 6.07) is 13.1. The molecule has 0 aromatic heterocycles. The molecule has 2 aromatic carbocycles. The Morgan fingerprint density at radius 1 is 0.931 bits per heavy atom. The fourth-order valence-electron chi connectivity index (χ4n) is 3.17. The number of hydrogen-bond acceptors (Lipinski definition) is 4. The summed E-state index contributed by atoms with van der Waals surface area (Å²) in [6.07, 6.45) is 0. The van der Waals surface area contributed by atoms with Crippen molar-refractivity contribution in [2.45, 2.75) is 6.54 Å². The van der Waals surface area contributed by atoms with Crippen LogP contribution in [-0.2, 0) is 16.1 Å². The van der Waals surface area contributed by atoms with E-state index in [1.54, 1.807) is 0 Å². The monoisotopic (exact) mass is 418 g/mol. The Bertz CT molecular complexity index is 839. The normalized spacial score (nSPS) is 15.1. The molecule has 0 saturated carbocycles. The van der Waals surface area contributed by atoms with Crippen molar-refractivity contribution < 1.29 is 14.0 Å². The molecule has 1 saturated heterocycles. The predicted molar refractivity (Wildman–Crippen MR) is 111 cm³/mol. The first-order chi connectivity index (χ1) is 14.0. The van der Waals surface area contributed by atoms with Crippen LogP contribution in [0, 0.1) is 5.82 Å². The van der Waals surface area contributed by atoms with Gasteiger partial charge in [-0.2, -0.15) is 0 Å². The number of halogens is 2. The Labute approximate surface area is 174 Å². The summed E-state index contributed by atoms with van der Waals surface area (Å²) in [5.41, 5.74) is 1.50. The zero-order valence-corrected chi connectivity index (χ0v) is 16.8. The number of carbonyl (C=O) groups excluding carboxylic acids is 2. The van der Waals surface area contributed by atoms with Crippen LogP contribution in [0.5, 0.6) is 0 Å². The Kier molecular flexibility index (Phi) is 7.57. The number of hydrogen-bond donors (Lipinski definition) is 2. The lowest BCUT2D eigenvalue weighted by atomic mass is 10.2. The van der Waals surface area contributed by atoms with Crippen LogP contribution in [0.15, 0.2) is 48.5 Å². The molecule has 1 aliphatic heterocycles. The van der Waals surface area contributed by atoms with Crippen molar-refractivity contribution in [1.29, 1.82) is 0 Å². The lowest BCUT2D eigenvalue weighted by Crippen LogP contribution is -2.48. The number of carbonyl (C=O) groups is 2. The van der Waals surface area contributed by atoms with Crippen LogP contribution in [0.2, 0.25) is 5.02 Å². The second-order valence-electron chi connectivity index (χ2n) is 6.93. The molecule has 1 heterocycles. The number of nitrogens with zero attached hydrogens (tertiary/aromatic N) is 2. The van der Waals surface area contributed by atoms with E-state index in [9.17, 15) is 14.0 Å². The highest BCUT2D eigenvalue weighted by Crippen LogP contribution is 2.17. The lowest BCUT2D eigenvalue weighted by Gasteiger charge is -2.34. The van der Waals surface area contributed by atoms with Gasteiger partial charge in [-0.3, -0.25) is 19.4 Å². The summed E-state index contributed by atoms with van der Waals surface area (Å²) in [4.78, 5) is 28.4. The van der Waals surface area contributed by atoms with Crippen molar-refractivity contribution in [3.05, 3.63) is 64.9 Å². The van der Waals surface area contributed by atoms with Gasteiger partial charge in [-0.25, -0.2) is 4.39 Å². The van der Waals surface area contributed by atoms with Gasteiger partial charge in [0.2, 0.25) is 0 Å². The third kappa shape index (κ3) is 6.52. The molecule has 1 fully saturated rings. The highest BCUT2D eigenvalue weighted by atomic mass is 35.5. The third-order valence-electron chi connectivity index (χ3n) is 4.84. The Balaban J connectivity index is 1.34. The quantitative estimate of drug-likeness (QED) is 0.707. The molecule has 8 heteroatoms. The van der Waals surface area contributed by atoms with E-state index in [0.717, 1.165) is 43.3 Å². The minimum Gasteiger partial charge on any atom is -0.347 e. The molecule has 0 spiro atoms. The van der Waals surface area contributed by atoms with Crippen molar-refractivity contribution in [3.63, 3.8) is 0 Å². The van der Waals surface area contributed by atoms with E-state index < -0.39 is 17.6 Å². The van der Waals surface area contributed by atoms with Crippen LogP contribution in [-0.4, -0.2) is 60.9 Å². The van der Waals surface area contributed by atoms with Crippen LogP contribution in [0.1, 0.15) is 5.56 Å². The summed E-state index contributed by atoms with van der Waals surface area (Å²) in [7, 11) is 0. The molecular formula is C21H24ClFN4O2. The highest BCUT2D eigenvalue weighted by Gasteiger charge is 2.18. The summed E-state index contributed by atoms with van der Waals surface area (Å²) in [6.45, 7) is 5.52. The molecule has 6 nitrogen and oxygen atoms in total. The van der Waals surface area contributed by atoms with E-state index in [2.05, 4.69) is 20.4 Å². The third-order valence-corrected chi connectivity index (χ3v) is 5.21. The SMILES string of the molecule is O=C(NCCN1CCN(Cc2ccccc2Cl)CC1)C(=O)Nc1ccc(F)cc1. The molecule has 0 aliphatic carbocycles. The van der Waals surface area contributed by atoms with Gasteiger partial charge in [-0.15, -0.1) is 0 Å². The molecule has 1 aliphatic rings. The molecule has 2 amide bonds. The van der Waals surface area contributed by atoms with Gasteiger partial charge in [0.1, 0.15) is 5.82 Å². The van der Waals surface area contributed by atoms with Crippen molar-refractivity contribution >= 4 is 29.1 Å². The minimum atomic E-state index is -0.763. The molecule has 0 atom stereocenters. The van der Waals surface area contributed by atoms with Gasteiger partial charge in [0, 0.05) is 56.5 Å². The molecule has 29 heavy (non-hydrogen) atoms. The van der Waals surface area contributed by atoms with Crippen LogP contribution in [0.3, 0.4) is 0 Å². The zero-order chi connectivity index (χ0) is 20.6. The second-order valence-corrected chi connectivity index (χ2v) is 7.33. The fraction of sp³-hybridized carbons (Fsp3) is 0.333. The predicted octanol–water partition coefficient (Wildman–Crippen LogP) is 2.35. The average molecular weight is 419 g/mol. The van der Waals surface area contributed by atoms with Crippen LogP contribution >= 0.6 is 11.6 Å².